The zero-order valence-corrected chi connectivity index (χ0v) is 11.0. The van der Waals surface area contributed by atoms with Gasteiger partial charge in [0.25, 0.3) is 0 Å². The molecule has 1 heterocycles. The van der Waals surface area contributed by atoms with E-state index in [9.17, 15) is 5.11 Å². The van der Waals surface area contributed by atoms with Gasteiger partial charge in [-0.2, -0.15) is 0 Å². The summed E-state index contributed by atoms with van der Waals surface area (Å²) in [5, 5.41) is 9.44. The maximum absolute atomic E-state index is 9.44. The summed E-state index contributed by atoms with van der Waals surface area (Å²) in [5.74, 6) is 1.54. The maximum Gasteiger partial charge on any atom is 0.175 e. The van der Waals surface area contributed by atoms with Crippen molar-refractivity contribution in [3.63, 3.8) is 0 Å². The van der Waals surface area contributed by atoms with Crippen molar-refractivity contribution in [1.29, 1.82) is 0 Å². The van der Waals surface area contributed by atoms with E-state index in [-0.39, 0.29) is 6.10 Å². The Balaban J connectivity index is 2.44. The second kappa shape index (κ2) is 4.63. The summed E-state index contributed by atoms with van der Waals surface area (Å²) in [4.78, 5) is 0. The maximum atomic E-state index is 9.44. The van der Waals surface area contributed by atoms with Gasteiger partial charge in [0.1, 0.15) is 13.2 Å². The third-order valence-electron chi connectivity index (χ3n) is 2.64. The van der Waals surface area contributed by atoms with Crippen LogP contribution in [0.3, 0.4) is 0 Å². The Labute approximate surface area is 104 Å². The molecule has 0 radical (unpaired) electrons. The Hall–Kier alpha value is -0.740. The van der Waals surface area contributed by atoms with Gasteiger partial charge < -0.3 is 14.6 Å². The Kier molecular flexibility index (Phi) is 3.40. The molecule has 3 nitrogen and oxygen atoms in total. The van der Waals surface area contributed by atoms with Gasteiger partial charge >= 0.3 is 0 Å². The number of hydrogen-bond donors (Lipinski definition) is 1. The van der Waals surface area contributed by atoms with Gasteiger partial charge in [-0.05, 0) is 53.4 Å². The van der Waals surface area contributed by atoms with E-state index in [1.54, 1.807) is 6.92 Å². The van der Waals surface area contributed by atoms with Gasteiger partial charge in [-0.15, -0.1) is 0 Å². The van der Waals surface area contributed by atoms with Crippen LogP contribution in [0.5, 0.6) is 11.5 Å². The molecule has 0 aromatic heterocycles. The van der Waals surface area contributed by atoms with E-state index < -0.39 is 0 Å². The molecule has 16 heavy (non-hydrogen) atoms. The highest BCUT2D eigenvalue weighted by Gasteiger charge is 2.19. The summed E-state index contributed by atoms with van der Waals surface area (Å²) >= 11 is 3.52. The largest absolute Gasteiger partial charge is 0.486 e. The van der Waals surface area contributed by atoms with E-state index in [4.69, 9.17) is 9.47 Å². The van der Waals surface area contributed by atoms with Crippen molar-refractivity contribution in [2.24, 2.45) is 0 Å². The van der Waals surface area contributed by atoms with Crippen LogP contribution in [0.4, 0.5) is 0 Å². The van der Waals surface area contributed by atoms with Crippen LogP contribution in [0.2, 0.25) is 0 Å². The van der Waals surface area contributed by atoms with E-state index in [1.807, 2.05) is 13.0 Å². The fourth-order valence-electron chi connectivity index (χ4n) is 1.82. The summed E-state index contributed by atoms with van der Waals surface area (Å²) < 4.78 is 12.0. The zero-order valence-electron chi connectivity index (χ0n) is 9.42. The van der Waals surface area contributed by atoms with E-state index in [0.717, 1.165) is 27.1 Å². The van der Waals surface area contributed by atoms with Crippen LogP contribution >= 0.6 is 15.9 Å². The van der Waals surface area contributed by atoms with Crippen LogP contribution in [-0.2, 0) is 6.42 Å². The van der Waals surface area contributed by atoms with Crippen molar-refractivity contribution in [3.8, 4) is 11.5 Å². The topological polar surface area (TPSA) is 38.7 Å². The number of aliphatic hydroxyl groups is 1. The lowest BCUT2D eigenvalue weighted by Crippen LogP contribution is -2.17. The minimum Gasteiger partial charge on any atom is -0.486 e. The van der Waals surface area contributed by atoms with Crippen molar-refractivity contribution >= 4 is 15.9 Å². The average molecular weight is 287 g/mol. The predicted molar refractivity (Wildman–Crippen MR) is 65.3 cm³/mol. The second-order valence-corrected chi connectivity index (χ2v) is 4.85. The van der Waals surface area contributed by atoms with E-state index in [1.165, 1.54) is 0 Å². The monoisotopic (exact) mass is 286 g/mol. The van der Waals surface area contributed by atoms with E-state index >= 15 is 0 Å². The van der Waals surface area contributed by atoms with Crippen molar-refractivity contribution in [3.05, 3.63) is 21.7 Å². The highest BCUT2D eigenvalue weighted by atomic mass is 79.9. The highest BCUT2D eigenvalue weighted by Crippen LogP contribution is 2.41. The standard InChI is InChI=1S/C12H15BrO3/c1-7(14)5-9-6-10-12(11(13)8(9)2)16-4-3-15-10/h6-7,14H,3-5H2,1-2H3. The van der Waals surface area contributed by atoms with Gasteiger partial charge in [0.2, 0.25) is 0 Å². The Morgan fingerprint density at radius 1 is 1.44 bits per heavy atom. The minimum atomic E-state index is -0.354. The summed E-state index contributed by atoms with van der Waals surface area (Å²) in [6.45, 7) is 4.96. The van der Waals surface area contributed by atoms with Crippen LogP contribution < -0.4 is 9.47 Å². The van der Waals surface area contributed by atoms with Crippen molar-refractivity contribution in [2.45, 2.75) is 26.4 Å². The normalized spacial score (nSPS) is 16.0. The van der Waals surface area contributed by atoms with Gasteiger partial charge in [-0.3, -0.25) is 0 Å². The predicted octanol–water partition coefficient (Wildman–Crippen LogP) is 2.45. The molecular weight excluding hydrogens is 272 g/mol. The number of hydrogen-bond acceptors (Lipinski definition) is 3. The molecule has 1 aromatic rings. The van der Waals surface area contributed by atoms with Gasteiger partial charge in [0.05, 0.1) is 10.6 Å². The van der Waals surface area contributed by atoms with Crippen LogP contribution in [0.25, 0.3) is 0 Å². The molecule has 0 saturated carbocycles. The average Bonchev–Trinajstić information content (AvgIpc) is 2.25. The Morgan fingerprint density at radius 3 is 2.81 bits per heavy atom. The molecule has 0 aliphatic carbocycles. The van der Waals surface area contributed by atoms with Gasteiger partial charge in [0, 0.05) is 0 Å². The quantitative estimate of drug-likeness (QED) is 0.908. The third-order valence-corrected chi connectivity index (χ3v) is 3.60. The minimum absolute atomic E-state index is 0.354. The SMILES string of the molecule is Cc1c(CC(C)O)cc2c(c1Br)OCCO2. The summed E-state index contributed by atoms with van der Waals surface area (Å²) in [6.07, 6.45) is 0.273. The first-order valence-corrected chi connectivity index (χ1v) is 6.14. The number of fused-ring (bicyclic) bond motifs is 1. The number of aliphatic hydroxyl groups excluding tert-OH is 1. The lowest BCUT2D eigenvalue weighted by atomic mass is 10.0. The number of benzene rings is 1. The lowest BCUT2D eigenvalue weighted by molar-refractivity contribution is 0.169. The summed E-state index contributed by atoms with van der Waals surface area (Å²) in [7, 11) is 0. The molecule has 2 rings (SSSR count). The molecular formula is C12H15BrO3. The fraction of sp³-hybridized carbons (Fsp3) is 0.500. The molecule has 1 unspecified atom stereocenters. The van der Waals surface area contributed by atoms with Gasteiger partial charge in [-0.1, -0.05) is 0 Å². The van der Waals surface area contributed by atoms with E-state index in [0.29, 0.717) is 19.6 Å². The molecule has 1 aromatic carbocycles. The number of ether oxygens (including phenoxy) is 2. The van der Waals surface area contributed by atoms with Crippen molar-refractivity contribution in [1.82, 2.24) is 0 Å². The molecule has 0 amide bonds. The molecule has 0 spiro atoms. The first-order valence-electron chi connectivity index (χ1n) is 5.35. The number of halogens is 1. The lowest BCUT2D eigenvalue weighted by Gasteiger charge is -2.22. The molecule has 1 N–H and O–H groups in total. The van der Waals surface area contributed by atoms with Crippen LogP contribution in [0.1, 0.15) is 18.1 Å². The third kappa shape index (κ3) is 2.18. The van der Waals surface area contributed by atoms with Gasteiger partial charge in [0.15, 0.2) is 11.5 Å². The van der Waals surface area contributed by atoms with Gasteiger partial charge in [-0.25, -0.2) is 0 Å². The molecule has 0 saturated heterocycles. The van der Waals surface area contributed by atoms with Crippen molar-refractivity contribution < 1.29 is 14.6 Å². The molecule has 0 fully saturated rings. The molecule has 1 aliphatic rings. The fourth-order valence-corrected chi connectivity index (χ4v) is 2.38. The first-order chi connectivity index (χ1) is 7.59. The summed E-state index contributed by atoms with van der Waals surface area (Å²) in [5.41, 5.74) is 2.19. The molecule has 1 atom stereocenters. The number of rotatable bonds is 2. The van der Waals surface area contributed by atoms with Crippen LogP contribution in [0, 0.1) is 6.92 Å². The van der Waals surface area contributed by atoms with Crippen molar-refractivity contribution in [2.75, 3.05) is 13.2 Å². The van der Waals surface area contributed by atoms with Crippen LogP contribution in [0.15, 0.2) is 10.5 Å². The molecule has 88 valence electrons. The molecule has 0 bridgehead atoms. The Morgan fingerprint density at radius 2 is 2.12 bits per heavy atom. The highest BCUT2D eigenvalue weighted by molar-refractivity contribution is 9.10. The Bertz CT molecular complexity index is 402. The first kappa shape index (κ1) is 11.7. The smallest absolute Gasteiger partial charge is 0.175 e. The second-order valence-electron chi connectivity index (χ2n) is 4.05. The molecule has 4 heteroatoms. The zero-order chi connectivity index (χ0) is 11.7. The molecule has 1 aliphatic heterocycles. The van der Waals surface area contributed by atoms with E-state index in [2.05, 4.69) is 15.9 Å². The summed E-state index contributed by atoms with van der Waals surface area (Å²) in [6, 6.07) is 1.96. The van der Waals surface area contributed by atoms with Crippen LogP contribution in [-0.4, -0.2) is 24.4 Å².